The molecule has 1 aliphatic heterocycles. The van der Waals surface area contributed by atoms with E-state index in [9.17, 15) is 10.2 Å². The number of likely N-dealkylation sites (N-methyl/N-ethyl adjacent to an activating group) is 1. The maximum absolute atomic E-state index is 11.2. The first-order valence-electron chi connectivity index (χ1n) is 14.0. The van der Waals surface area contributed by atoms with Gasteiger partial charge < -0.3 is 20.0 Å². The Kier molecular flexibility index (Phi) is 6.12. The van der Waals surface area contributed by atoms with Gasteiger partial charge in [0.1, 0.15) is 11.5 Å². The van der Waals surface area contributed by atoms with Gasteiger partial charge in [0.15, 0.2) is 0 Å². The van der Waals surface area contributed by atoms with Crippen molar-refractivity contribution in [3.8, 4) is 20.2 Å². The Balaban J connectivity index is 1.22. The van der Waals surface area contributed by atoms with E-state index in [0.29, 0.717) is 11.1 Å². The van der Waals surface area contributed by atoms with E-state index in [1.165, 1.54) is 37.3 Å². The van der Waals surface area contributed by atoms with Gasteiger partial charge in [-0.05, 0) is 47.5 Å². The molecule has 210 valence electrons. The molecule has 0 unspecified atom stereocenters. The number of hydrogen-bond donors (Lipinski definition) is 2. The van der Waals surface area contributed by atoms with Crippen LogP contribution in [-0.2, 0) is 5.41 Å². The lowest BCUT2D eigenvalue weighted by Crippen LogP contribution is -2.24. The van der Waals surface area contributed by atoms with Gasteiger partial charge in [-0.15, -0.1) is 22.7 Å². The quantitative estimate of drug-likeness (QED) is 0.215. The summed E-state index contributed by atoms with van der Waals surface area (Å²) in [4.78, 5) is 8.68. The van der Waals surface area contributed by atoms with Gasteiger partial charge in [-0.1, -0.05) is 68.4 Å². The fourth-order valence-electron chi connectivity index (χ4n) is 6.19. The summed E-state index contributed by atoms with van der Waals surface area (Å²) in [5.74, 6) is 0.289. The Morgan fingerprint density at radius 2 is 1.38 bits per heavy atom. The maximum atomic E-state index is 11.2. The summed E-state index contributed by atoms with van der Waals surface area (Å²) in [6, 6.07) is 29.7. The molecule has 1 aliphatic carbocycles. The molecule has 6 heteroatoms. The third-order valence-electron chi connectivity index (χ3n) is 8.55. The molecule has 5 aromatic rings. The van der Waals surface area contributed by atoms with Gasteiger partial charge in [-0.2, -0.15) is 0 Å². The van der Waals surface area contributed by atoms with Crippen molar-refractivity contribution in [2.24, 2.45) is 0 Å². The lowest BCUT2D eigenvalue weighted by atomic mass is 9.81. The number of para-hydroxylation sites is 1. The van der Waals surface area contributed by atoms with Crippen LogP contribution < -0.4 is 9.80 Å². The lowest BCUT2D eigenvalue weighted by molar-refractivity contribution is 0.372. The van der Waals surface area contributed by atoms with Crippen molar-refractivity contribution < 1.29 is 10.2 Å². The number of allylic oxidation sites excluding steroid dienone is 3. The van der Waals surface area contributed by atoms with E-state index in [2.05, 4.69) is 111 Å². The molecule has 2 aromatic heterocycles. The molecule has 0 amide bonds. The number of rotatable bonds is 5. The first-order valence-corrected chi connectivity index (χ1v) is 15.6. The highest BCUT2D eigenvalue weighted by Crippen LogP contribution is 2.51. The minimum Gasteiger partial charge on any atom is -0.506 e. The fourth-order valence-corrected chi connectivity index (χ4v) is 8.65. The molecule has 4 nitrogen and oxygen atoms in total. The fraction of sp³-hybridized carbons (Fsp3) is 0.167. The van der Waals surface area contributed by atoms with E-state index in [-0.39, 0.29) is 16.9 Å². The Labute approximate surface area is 254 Å². The van der Waals surface area contributed by atoms with E-state index in [1.807, 2.05) is 25.3 Å². The Bertz CT molecular complexity index is 1970. The summed E-state index contributed by atoms with van der Waals surface area (Å²) in [5.41, 5.74) is 6.57. The van der Waals surface area contributed by atoms with Crippen LogP contribution in [0.2, 0.25) is 0 Å². The van der Waals surface area contributed by atoms with Crippen LogP contribution in [0.4, 0.5) is 11.4 Å². The van der Waals surface area contributed by atoms with Crippen LogP contribution in [0.15, 0.2) is 114 Å². The second kappa shape index (κ2) is 9.65. The summed E-state index contributed by atoms with van der Waals surface area (Å²) >= 11 is 3.39. The van der Waals surface area contributed by atoms with Crippen molar-refractivity contribution in [2.75, 3.05) is 30.9 Å². The van der Waals surface area contributed by atoms with Crippen molar-refractivity contribution in [3.63, 3.8) is 0 Å². The van der Waals surface area contributed by atoms with Gasteiger partial charge in [-0.25, -0.2) is 0 Å². The average molecular weight is 589 g/mol. The number of fused-ring (bicyclic) bond motifs is 2. The highest BCUT2D eigenvalue weighted by molar-refractivity contribution is 7.25. The predicted octanol–water partition coefficient (Wildman–Crippen LogP) is 9.77. The number of aliphatic hydroxyl groups excluding tert-OH is 2. The molecule has 42 heavy (non-hydrogen) atoms. The molecule has 2 N–H and O–H groups in total. The zero-order chi connectivity index (χ0) is 29.3. The normalized spacial score (nSPS) is 16.9. The molecule has 0 atom stereocenters. The molecule has 0 radical (unpaired) electrons. The van der Waals surface area contributed by atoms with Crippen LogP contribution in [-0.4, -0.2) is 31.4 Å². The zero-order valence-corrected chi connectivity index (χ0v) is 25.9. The molecule has 0 spiro atoms. The lowest BCUT2D eigenvalue weighted by Gasteiger charge is -2.27. The van der Waals surface area contributed by atoms with Crippen molar-refractivity contribution in [3.05, 3.63) is 124 Å². The molecule has 7 rings (SSSR count). The van der Waals surface area contributed by atoms with E-state index in [4.69, 9.17) is 0 Å². The van der Waals surface area contributed by atoms with Crippen molar-refractivity contribution >= 4 is 50.4 Å². The van der Waals surface area contributed by atoms with Crippen molar-refractivity contribution in [1.82, 2.24) is 0 Å². The van der Waals surface area contributed by atoms with Crippen LogP contribution in [0.3, 0.4) is 0 Å². The van der Waals surface area contributed by atoms with Crippen LogP contribution in [0.5, 0.6) is 0 Å². The van der Waals surface area contributed by atoms with Crippen molar-refractivity contribution in [1.29, 1.82) is 0 Å². The third-order valence-corrected chi connectivity index (χ3v) is 11.1. The minimum absolute atomic E-state index is 0.145. The van der Waals surface area contributed by atoms with E-state index in [0.717, 1.165) is 21.1 Å². The van der Waals surface area contributed by atoms with Crippen LogP contribution in [0, 0.1) is 0 Å². The molecule has 0 saturated carbocycles. The summed E-state index contributed by atoms with van der Waals surface area (Å²) in [7, 11) is 6.15. The second-order valence-corrected chi connectivity index (χ2v) is 13.7. The summed E-state index contributed by atoms with van der Waals surface area (Å²) in [6.07, 6.45) is 1.93. The molecule has 0 saturated heterocycles. The van der Waals surface area contributed by atoms with Crippen molar-refractivity contribution in [2.45, 2.75) is 19.3 Å². The number of thiophene rings is 2. The molecule has 3 heterocycles. The number of benzene rings is 3. The van der Waals surface area contributed by atoms with Gasteiger partial charge in [-0.3, -0.25) is 0 Å². The molecular formula is C36H32N2O2S2. The number of aliphatic hydroxyl groups is 2. The van der Waals surface area contributed by atoms with Gasteiger partial charge in [0.25, 0.3) is 0 Å². The molecule has 3 aromatic carbocycles. The Hall–Kier alpha value is -4.26. The highest BCUT2D eigenvalue weighted by atomic mass is 32.1. The Morgan fingerprint density at radius 1 is 0.738 bits per heavy atom. The molecule has 2 aliphatic rings. The molecular weight excluding hydrogens is 557 g/mol. The maximum Gasteiger partial charge on any atom is 0.139 e. The SMILES string of the molecule is CN(C)c1ccc(-c2sc(-c3ccc(C4=C(O)C(C=C5N(C)c6ccccc6C5(C)C)=C4O)s3)c3ccccc23)cc1. The highest BCUT2D eigenvalue weighted by Gasteiger charge is 2.40. The average Bonchev–Trinajstić information content (AvgIpc) is 3.66. The topological polar surface area (TPSA) is 46.9 Å². The first-order chi connectivity index (χ1) is 20.2. The smallest absolute Gasteiger partial charge is 0.139 e. The zero-order valence-electron chi connectivity index (χ0n) is 24.3. The van der Waals surface area contributed by atoms with E-state index < -0.39 is 0 Å². The first kappa shape index (κ1) is 26.6. The second-order valence-electron chi connectivity index (χ2n) is 11.6. The van der Waals surface area contributed by atoms with Gasteiger partial charge in [0.05, 0.1) is 16.0 Å². The number of anilines is 2. The molecule has 0 bridgehead atoms. The predicted molar refractivity (Wildman–Crippen MR) is 180 cm³/mol. The van der Waals surface area contributed by atoms with Gasteiger partial charge in [0, 0.05) is 69.0 Å². The van der Waals surface area contributed by atoms with Gasteiger partial charge >= 0.3 is 0 Å². The summed E-state index contributed by atoms with van der Waals surface area (Å²) in [6.45, 7) is 4.36. The standard InChI is InChI=1S/C36H32N2O2S2/c1-36(2)26-12-8-9-13-27(26)38(5)30(36)20-25-32(39)31(33(25)40)28-18-19-29(41-28)35-24-11-7-6-10-23(24)34(42-35)21-14-16-22(17-15-21)37(3)4/h6-20,39-40H,1-5H3. The number of hydrogen-bond acceptors (Lipinski definition) is 6. The van der Waals surface area contributed by atoms with Gasteiger partial charge in [0.2, 0.25) is 0 Å². The van der Waals surface area contributed by atoms with Crippen LogP contribution in [0.25, 0.3) is 36.5 Å². The van der Waals surface area contributed by atoms with Crippen LogP contribution in [0.1, 0.15) is 24.3 Å². The van der Waals surface area contributed by atoms with Crippen LogP contribution >= 0.6 is 22.7 Å². The van der Waals surface area contributed by atoms with E-state index in [1.54, 1.807) is 22.7 Å². The Morgan fingerprint density at radius 3 is 2.05 bits per heavy atom. The summed E-state index contributed by atoms with van der Waals surface area (Å²) in [5, 5.41) is 24.8. The van der Waals surface area contributed by atoms with E-state index >= 15 is 0 Å². The minimum atomic E-state index is -0.241. The third kappa shape index (κ3) is 3.93. The molecule has 0 fully saturated rings. The monoisotopic (exact) mass is 588 g/mol. The number of nitrogens with zero attached hydrogens (tertiary/aromatic N) is 2. The summed E-state index contributed by atoms with van der Waals surface area (Å²) < 4.78 is 0. The largest absolute Gasteiger partial charge is 0.506 e.